The summed E-state index contributed by atoms with van der Waals surface area (Å²) in [5, 5.41) is 3.97. The molecule has 1 fully saturated rings. The van der Waals surface area contributed by atoms with Crippen LogP contribution in [0.15, 0.2) is 65.2 Å². The molecule has 0 atom stereocenters. The van der Waals surface area contributed by atoms with Gasteiger partial charge in [0.2, 0.25) is 10.0 Å². The van der Waals surface area contributed by atoms with Gasteiger partial charge in [-0.05, 0) is 30.7 Å². The molecule has 1 aromatic heterocycles. The quantitative estimate of drug-likeness (QED) is 0.605. The maximum Gasteiger partial charge on any atom is 0.253 e. The topological polar surface area (TPSA) is 83.7 Å². The van der Waals surface area contributed by atoms with Crippen LogP contribution in [0.4, 0.5) is 4.39 Å². The lowest BCUT2D eigenvalue weighted by Gasteiger charge is -2.21. The van der Waals surface area contributed by atoms with E-state index in [1.54, 1.807) is 11.0 Å². The molecule has 162 valence electrons. The third-order valence-corrected chi connectivity index (χ3v) is 6.98. The normalized spacial score (nSPS) is 15.6. The summed E-state index contributed by atoms with van der Waals surface area (Å²) in [6.45, 7) is 1.20. The fourth-order valence-corrected chi connectivity index (χ4v) is 4.99. The van der Waals surface area contributed by atoms with Crippen LogP contribution >= 0.6 is 0 Å². The van der Waals surface area contributed by atoms with Gasteiger partial charge < -0.3 is 9.42 Å². The zero-order valence-corrected chi connectivity index (χ0v) is 17.6. The summed E-state index contributed by atoms with van der Waals surface area (Å²) >= 11 is 0. The molecule has 4 rings (SSSR count). The van der Waals surface area contributed by atoms with E-state index in [2.05, 4.69) is 5.16 Å². The van der Waals surface area contributed by atoms with Gasteiger partial charge in [-0.25, -0.2) is 12.8 Å². The first-order valence-electron chi connectivity index (χ1n) is 9.96. The molecule has 0 aliphatic carbocycles. The average Bonchev–Trinajstić information content (AvgIpc) is 3.07. The first-order valence-corrected chi connectivity index (χ1v) is 11.6. The summed E-state index contributed by atoms with van der Waals surface area (Å²) in [5.41, 5.74) is 1.81. The van der Waals surface area contributed by atoms with E-state index in [9.17, 15) is 17.6 Å². The van der Waals surface area contributed by atoms with Crippen molar-refractivity contribution in [1.29, 1.82) is 0 Å². The summed E-state index contributed by atoms with van der Waals surface area (Å²) in [4.78, 5) is 14.3. The van der Waals surface area contributed by atoms with Gasteiger partial charge in [-0.2, -0.15) is 4.31 Å². The number of nitrogens with zero attached hydrogens (tertiary/aromatic N) is 3. The van der Waals surface area contributed by atoms with E-state index in [1.807, 2.05) is 30.3 Å². The number of hydrogen-bond donors (Lipinski definition) is 0. The van der Waals surface area contributed by atoms with Crippen LogP contribution in [0, 0.1) is 5.82 Å². The highest BCUT2D eigenvalue weighted by molar-refractivity contribution is 7.88. The fourth-order valence-electron chi connectivity index (χ4n) is 3.55. The van der Waals surface area contributed by atoms with Crippen LogP contribution in [0.2, 0.25) is 0 Å². The van der Waals surface area contributed by atoms with E-state index < -0.39 is 15.8 Å². The molecule has 0 bridgehead atoms. The molecule has 2 aromatic carbocycles. The Morgan fingerprint density at radius 2 is 1.74 bits per heavy atom. The van der Waals surface area contributed by atoms with E-state index in [-0.39, 0.29) is 30.5 Å². The minimum Gasteiger partial charge on any atom is -0.360 e. The molecule has 2 heterocycles. The molecular formula is C22H22FN3O4S. The lowest BCUT2D eigenvalue weighted by molar-refractivity contribution is 0.0764. The van der Waals surface area contributed by atoms with Gasteiger partial charge in [0.1, 0.15) is 17.3 Å². The highest BCUT2D eigenvalue weighted by Gasteiger charge is 2.28. The molecule has 1 aliphatic rings. The highest BCUT2D eigenvalue weighted by atomic mass is 32.2. The number of carbonyl (C=O) groups excluding carboxylic acids is 1. The molecule has 1 aliphatic heterocycles. The Morgan fingerprint density at radius 3 is 2.48 bits per heavy atom. The van der Waals surface area contributed by atoms with Crippen molar-refractivity contribution in [2.75, 3.05) is 26.2 Å². The molecule has 1 saturated heterocycles. The smallest absolute Gasteiger partial charge is 0.253 e. The third kappa shape index (κ3) is 5.00. The van der Waals surface area contributed by atoms with Crippen molar-refractivity contribution < 1.29 is 22.1 Å². The number of hydrogen-bond acceptors (Lipinski definition) is 5. The monoisotopic (exact) mass is 443 g/mol. The minimum atomic E-state index is -3.64. The molecule has 1 amide bonds. The van der Waals surface area contributed by atoms with Gasteiger partial charge >= 0.3 is 0 Å². The van der Waals surface area contributed by atoms with Crippen molar-refractivity contribution in [2.45, 2.75) is 12.2 Å². The van der Waals surface area contributed by atoms with E-state index in [0.717, 1.165) is 5.56 Å². The van der Waals surface area contributed by atoms with Gasteiger partial charge in [-0.1, -0.05) is 35.5 Å². The van der Waals surface area contributed by atoms with Crippen molar-refractivity contribution in [3.8, 4) is 11.3 Å². The van der Waals surface area contributed by atoms with Crippen molar-refractivity contribution >= 4 is 15.9 Å². The fraction of sp³-hybridized carbons (Fsp3) is 0.273. The van der Waals surface area contributed by atoms with Crippen molar-refractivity contribution in [3.05, 3.63) is 77.8 Å². The Bertz CT molecular complexity index is 1150. The molecule has 0 N–H and O–H groups in total. The predicted octanol–water partition coefficient (Wildman–Crippen LogP) is 3.16. The minimum absolute atomic E-state index is 0.189. The van der Waals surface area contributed by atoms with Crippen LogP contribution in [0.1, 0.15) is 22.5 Å². The average molecular weight is 444 g/mol. The van der Waals surface area contributed by atoms with Crippen LogP contribution in [-0.2, 0) is 15.8 Å². The first-order chi connectivity index (χ1) is 14.9. The Kier molecular flexibility index (Phi) is 6.15. The summed E-state index contributed by atoms with van der Waals surface area (Å²) in [5.74, 6) is -0.671. The number of benzene rings is 2. The van der Waals surface area contributed by atoms with E-state index in [4.69, 9.17) is 4.52 Å². The van der Waals surface area contributed by atoms with Crippen LogP contribution in [0.5, 0.6) is 0 Å². The number of carbonyl (C=O) groups is 1. The molecule has 9 heteroatoms. The van der Waals surface area contributed by atoms with E-state index in [0.29, 0.717) is 30.8 Å². The van der Waals surface area contributed by atoms with Gasteiger partial charge in [-0.15, -0.1) is 0 Å². The highest BCUT2D eigenvalue weighted by Crippen LogP contribution is 2.21. The molecule has 3 aromatic rings. The molecule has 0 radical (unpaired) electrons. The molecule has 31 heavy (non-hydrogen) atoms. The maximum absolute atomic E-state index is 13.1. The maximum atomic E-state index is 13.1. The van der Waals surface area contributed by atoms with Gasteiger partial charge in [0.05, 0.1) is 0 Å². The molecule has 7 nitrogen and oxygen atoms in total. The number of sulfonamides is 1. The Labute approximate surface area is 180 Å². The van der Waals surface area contributed by atoms with Gasteiger partial charge in [0.15, 0.2) is 5.76 Å². The zero-order chi connectivity index (χ0) is 21.8. The summed E-state index contributed by atoms with van der Waals surface area (Å²) in [6, 6.07) is 16.4. The van der Waals surface area contributed by atoms with Gasteiger partial charge in [0, 0.05) is 43.4 Å². The zero-order valence-electron chi connectivity index (χ0n) is 16.8. The summed E-state index contributed by atoms with van der Waals surface area (Å²) in [6.07, 6.45) is 0.512. The Morgan fingerprint density at radius 1 is 1.00 bits per heavy atom. The summed E-state index contributed by atoms with van der Waals surface area (Å²) < 4.78 is 45.6. The van der Waals surface area contributed by atoms with Crippen molar-refractivity contribution in [1.82, 2.24) is 14.4 Å². The van der Waals surface area contributed by atoms with Gasteiger partial charge in [0.25, 0.3) is 5.91 Å². The van der Waals surface area contributed by atoms with Crippen LogP contribution < -0.4 is 0 Å². The molecule has 0 unspecified atom stereocenters. The second kappa shape index (κ2) is 8.99. The Hall–Kier alpha value is -3.04. The number of aromatic nitrogens is 1. The first kappa shape index (κ1) is 21.2. The molecule has 0 spiro atoms. The SMILES string of the molecule is O=C(c1ccc(F)cc1)N1CCCN(S(=O)(=O)Cc2cc(-c3ccccc3)no2)CC1. The third-order valence-electron chi connectivity index (χ3n) is 5.18. The van der Waals surface area contributed by atoms with Gasteiger partial charge in [-0.3, -0.25) is 4.79 Å². The number of amides is 1. The van der Waals surface area contributed by atoms with Crippen molar-refractivity contribution in [2.24, 2.45) is 0 Å². The number of halogens is 1. The van der Waals surface area contributed by atoms with Crippen LogP contribution in [-0.4, -0.2) is 54.9 Å². The molecular weight excluding hydrogens is 421 g/mol. The number of rotatable bonds is 5. The lowest BCUT2D eigenvalue weighted by Crippen LogP contribution is -2.37. The molecule has 0 saturated carbocycles. The second-order valence-corrected chi connectivity index (χ2v) is 9.32. The van der Waals surface area contributed by atoms with E-state index >= 15 is 0 Å². The standard InChI is InChI=1S/C22H22FN3O4S/c23-19-9-7-18(8-10-19)22(27)25-11-4-12-26(14-13-25)31(28,29)16-20-15-21(24-30-20)17-5-2-1-3-6-17/h1-3,5-10,15H,4,11-14,16H2. The predicted molar refractivity (Wildman–Crippen MR) is 113 cm³/mol. The lowest BCUT2D eigenvalue weighted by atomic mass is 10.1. The van der Waals surface area contributed by atoms with Crippen LogP contribution in [0.25, 0.3) is 11.3 Å². The second-order valence-electron chi connectivity index (χ2n) is 7.35. The van der Waals surface area contributed by atoms with Crippen molar-refractivity contribution in [3.63, 3.8) is 0 Å². The largest absolute Gasteiger partial charge is 0.360 e. The van der Waals surface area contributed by atoms with E-state index in [1.165, 1.54) is 28.6 Å². The summed E-state index contributed by atoms with van der Waals surface area (Å²) in [7, 11) is -3.64. The Balaban J connectivity index is 1.41. The van der Waals surface area contributed by atoms with Crippen LogP contribution in [0.3, 0.4) is 0 Å².